The highest BCUT2D eigenvalue weighted by atomic mass is 32.2. The van der Waals surface area contributed by atoms with Crippen LogP contribution in [0, 0.1) is 0 Å². The highest BCUT2D eigenvalue weighted by molar-refractivity contribution is 7.89. The van der Waals surface area contributed by atoms with Crippen molar-refractivity contribution < 1.29 is 18.0 Å². The van der Waals surface area contributed by atoms with E-state index in [2.05, 4.69) is 10.6 Å². The average molecular weight is 313 g/mol. The van der Waals surface area contributed by atoms with Crippen LogP contribution in [0.25, 0.3) is 0 Å². The van der Waals surface area contributed by atoms with E-state index in [4.69, 9.17) is 5.14 Å². The van der Waals surface area contributed by atoms with Gasteiger partial charge in [0.25, 0.3) is 0 Å². The predicted molar refractivity (Wildman–Crippen MR) is 77.8 cm³/mol. The van der Waals surface area contributed by atoms with Crippen LogP contribution in [0.1, 0.15) is 18.9 Å². The average Bonchev–Trinajstić information content (AvgIpc) is 2.38. The Morgan fingerprint density at radius 2 is 1.71 bits per heavy atom. The van der Waals surface area contributed by atoms with Crippen LogP contribution in [0.3, 0.4) is 0 Å². The summed E-state index contributed by atoms with van der Waals surface area (Å²) in [5, 5.41) is 10.3. The standard InChI is InChI=1S/C13H19N3O4S/c1-10(17)15-9-7-13(18)16-8-6-11-2-4-12(5-3-11)21(14,19)20/h2-5H,6-9H2,1H3,(H,15,17)(H,16,18)(H2,14,19,20). The van der Waals surface area contributed by atoms with Crippen LogP contribution >= 0.6 is 0 Å². The fraction of sp³-hybridized carbons (Fsp3) is 0.385. The molecule has 0 spiro atoms. The van der Waals surface area contributed by atoms with E-state index in [1.54, 1.807) is 12.1 Å². The van der Waals surface area contributed by atoms with Crippen LogP contribution in [-0.2, 0) is 26.0 Å². The Kier molecular flexibility index (Phi) is 6.32. The van der Waals surface area contributed by atoms with Crippen molar-refractivity contribution in [2.75, 3.05) is 13.1 Å². The van der Waals surface area contributed by atoms with Crippen LogP contribution in [0.15, 0.2) is 29.2 Å². The van der Waals surface area contributed by atoms with Crippen LogP contribution in [0.5, 0.6) is 0 Å². The molecule has 4 N–H and O–H groups in total. The van der Waals surface area contributed by atoms with Crippen molar-refractivity contribution >= 4 is 21.8 Å². The summed E-state index contributed by atoms with van der Waals surface area (Å²) in [5.41, 5.74) is 0.893. The van der Waals surface area contributed by atoms with Crippen molar-refractivity contribution in [1.82, 2.24) is 10.6 Å². The van der Waals surface area contributed by atoms with Gasteiger partial charge in [0.05, 0.1) is 4.90 Å². The number of rotatable bonds is 7. The normalized spacial score (nSPS) is 11.0. The zero-order valence-corrected chi connectivity index (χ0v) is 12.6. The lowest BCUT2D eigenvalue weighted by Crippen LogP contribution is -2.30. The van der Waals surface area contributed by atoms with E-state index in [0.717, 1.165) is 5.56 Å². The molecule has 0 saturated heterocycles. The number of nitrogens with one attached hydrogen (secondary N) is 2. The van der Waals surface area contributed by atoms with Gasteiger partial charge < -0.3 is 10.6 Å². The van der Waals surface area contributed by atoms with Crippen molar-refractivity contribution in [3.63, 3.8) is 0 Å². The number of primary sulfonamides is 1. The molecule has 0 aromatic heterocycles. The first kappa shape index (κ1) is 17.1. The second kappa shape index (κ2) is 7.75. The van der Waals surface area contributed by atoms with Crippen LogP contribution in [-0.4, -0.2) is 33.3 Å². The number of amides is 2. The Bertz CT molecular complexity index is 596. The molecule has 21 heavy (non-hydrogen) atoms. The van der Waals surface area contributed by atoms with Crippen LogP contribution in [0.2, 0.25) is 0 Å². The molecule has 8 heteroatoms. The quantitative estimate of drug-likeness (QED) is 0.630. The number of hydrogen-bond donors (Lipinski definition) is 3. The Hall–Kier alpha value is -1.93. The third-order valence-corrected chi connectivity index (χ3v) is 3.64. The lowest BCUT2D eigenvalue weighted by atomic mass is 10.1. The van der Waals surface area contributed by atoms with Gasteiger partial charge in [0.15, 0.2) is 0 Å². The molecule has 1 rings (SSSR count). The molecule has 0 heterocycles. The summed E-state index contributed by atoms with van der Waals surface area (Å²) in [6.07, 6.45) is 0.806. The van der Waals surface area contributed by atoms with Crippen molar-refractivity contribution in [3.8, 4) is 0 Å². The van der Waals surface area contributed by atoms with E-state index in [-0.39, 0.29) is 23.1 Å². The summed E-state index contributed by atoms with van der Waals surface area (Å²) in [7, 11) is -3.68. The zero-order valence-electron chi connectivity index (χ0n) is 11.8. The number of benzene rings is 1. The first-order chi connectivity index (χ1) is 9.79. The summed E-state index contributed by atoms with van der Waals surface area (Å²) in [6, 6.07) is 6.18. The van der Waals surface area contributed by atoms with Crippen molar-refractivity contribution in [2.45, 2.75) is 24.7 Å². The van der Waals surface area contributed by atoms with Crippen LogP contribution < -0.4 is 15.8 Å². The molecule has 0 atom stereocenters. The van der Waals surface area contributed by atoms with Gasteiger partial charge >= 0.3 is 0 Å². The summed E-state index contributed by atoms with van der Waals surface area (Å²) in [4.78, 5) is 22.1. The van der Waals surface area contributed by atoms with Gasteiger partial charge in [-0.25, -0.2) is 13.6 Å². The maximum absolute atomic E-state index is 11.4. The smallest absolute Gasteiger partial charge is 0.238 e. The van der Waals surface area contributed by atoms with E-state index in [0.29, 0.717) is 19.5 Å². The first-order valence-electron chi connectivity index (χ1n) is 6.42. The molecule has 0 saturated carbocycles. The number of hydrogen-bond acceptors (Lipinski definition) is 4. The van der Waals surface area contributed by atoms with Gasteiger partial charge in [0.2, 0.25) is 21.8 Å². The number of carbonyl (C=O) groups excluding carboxylic acids is 2. The van der Waals surface area contributed by atoms with Gasteiger partial charge in [-0.3, -0.25) is 9.59 Å². The minimum Gasteiger partial charge on any atom is -0.356 e. The lowest BCUT2D eigenvalue weighted by molar-refractivity contribution is -0.121. The van der Waals surface area contributed by atoms with E-state index in [1.807, 2.05) is 0 Å². The predicted octanol–water partition coefficient (Wildman–Crippen LogP) is -0.481. The van der Waals surface area contributed by atoms with Gasteiger partial charge in [-0.15, -0.1) is 0 Å². The van der Waals surface area contributed by atoms with Gasteiger partial charge in [-0.1, -0.05) is 12.1 Å². The maximum Gasteiger partial charge on any atom is 0.238 e. The lowest BCUT2D eigenvalue weighted by Gasteiger charge is -2.06. The van der Waals surface area contributed by atoms with Gasteiger partial charge in [-0.2, -0.15) is 0 Å². The fourth-order valence-corrected chi connectivity index (χ4v) is 2.15. The van der Waals surface area contributed by atoms with E-state index in [1.165, 1.54) is 19.1 Å². The monoisotopic (exact) mass is 313 g/mol. The molecular weight excluding hydrogens is 294 g/mol. The third kappa shape index (κ3) is 6.87. The SMILES string of the molecule is CC(=O)NCCC(=O)NCCc1ccc(S(N)(=O)=O)cc1. The van der Waals surface area contributed by atoms with E-state index in [9.17, 15) is 18.0 Å². The molecule has 0 aliphatic carbocycles. The molecule has 7 nitrogen and oxygen atoms in total. The molecular formula is C13H19N3O4S. The van der Waals surface area contributed by atoms with Gasteiger partial charge in [0.1, 0.15) is 0 Å². The summed E-state index contributed by atoms with van der Waals surface area (Å²) >= 11 is 0. The topological polar surface area (TPSA) is 118 Å². The van der Waals surface area contributed by atoms with E-state index >= 15 is 0 Å². The highest BCUT2D eigenvalue weighted by Gasteiger charge is 2.07. The Labute approximate surface area is 124 Å². The molecule has 1 aromatic carbocycles. The molecule has 1 aromatic rings. The Balaban J connectivity index is 2.32. The van der Waals surface area contributed by atoms with Crippen LogP contribution in [0.4, 0.5) is 0 Å². The fourth-order valence-electron chi connectivity index (χ4n) is 1.63. The zero-order chi connectivity index (χ0) is 15.9. The highest BCUT2D eigenvalue weighted by Crippen LogP contribution is 2.08. The number of carbonyl (C=O) groups is 2. The molecule has 0 aliphatic rings. The molecule has 0 fully saturated rings. The first-order valence-corrected chi connectivity index (χ1v) is 7.96. The van der Waals surface area contributed by atoms with Gasteiger partial charge in [-0.05, 0) is 24.1 Å². The molecule has 0 unspecified atom stereocenters. The maximum atomic E-state index is 11.4. The Morgan fingerprint density at radius 1 is 1.10 bits per heavy atom. The van der Waals surface area contributed by atoms with Crippen molar-refractivity contribution in [1.29, 1.82) is 0 Å². The summed E-state index contributed by atoms with van der Waals surface area (Å²) < 4.78 is 22.2. The van der Waals surface area contributed by atoms with E-state index < -0.39 is 10.0 Å². The summed E-state index contributed by atoms with van der Waals surface area (Å²) in [6.45, 7) is 2.14. The van der Waals surface area contributed by atoms with Crippen molar-refractivity contribution in [3.05, 3.63) is 29.8 Å². The second-order valence-corrected chi connectivity index (χ2v) is 6.08. The molecule has 2 amide bonds. The number of sulfonamides is 1. The largest absolute Gasteiger partial charge is 0.356 e. The molecule has 0 bridgehead atoms. The minimum atomic E-state index is -3.68. The minimum absolute atomic E-state index is 0.0607. The van der Waals surface area contributed by atoms with Crippen molar-refractivity contribution in [2.24, 2.45) is 5.14 Å². The van der Waals surface area contributed by atoms with Gasteiger partial charge in [0, 0.05) is 26.4 Å². The summed E-state index contributed by atoms with van der Waals surface area (Å²) in [5.74, 6) is -0.317. The Morgan fingerprint density at radius 3 is 2.24 bits per heavy atom. The molecule has 0 radical (unpaired) electrons. The third-order valence-electron chi connectivity index (χ3n) is 2.71. The molecule has 116 valence electrons. The number of nitrogens with two attached hydrogens (primary N) is 1. The second-order valence-electron chi connectivity index (χ2n) is 4.52. The molecule has 0 aliphatic heterocycles.